The molecule has 3 nitrogen and oxygen atoms in total. The molecular formula is C14H21ClN2O. The van der Waals surface area contributed by atoms with E-state index < -0.39 is 0 Å². The van der Waals surface area contributed by atoms with E-state index in [2.05, 4.69) is 17.6 Å². The summed E-state index contributed by atoms with van der Waals surface area (Å²) < 4.78 is 0. The van der Waals surface area contributed by atoms with Gasteiger partial charge < -0.3 is 10.6 Å². The summed E-state index contributed by atoms with van der Waals surface area (Å²) >= 11 is 0. The Kier molecular flexibility index (Phi) is 5.63. The summed E-state index contributed by atoms with van der Waals surface area (Å²) in [5.41, 5.74) is 0.933. The van der Waals surface area contributed by atoms with E-state index in [1.165, 1.54) is 12.8 Å². The third-order valence-electron chi connectivity index (χ3n) is 3.40. The third-order valence-corrected chi connectivity index (χ3v) is 3.40. The molecule has 0 spiro atoms. The molecular weight excluding hydrogens is 248 g/mol. The maximum absolute atomic E-state index is 11.9. The van der Waals surface area contributed by atoms with E-state index in [4.69, 9.17) is 0 Å². The molecule has 1 aromatic rings. The number of rotatable bonds is 3. The molecule has 1 saturated heterocycles. The van der Waals surface area contributed by atoms with E-state index in [1.54, 1.807) is 0 Å². The average Bonchev–Trinajstić information content (AvgIpc) is 2.38. The number of carbonyl (C=O) groups is 1. The van der Waals surface area contributed by atoms with Gasteiger partial charge in [0.05, 0.1) is 0 Å². The van der Waals surface area contributed by atoms with Crippen molar-refractivity contribution in [3.63, 3.8) is 0 Å². The van der Waals surface area contributed by atoms with Crippen LogP contribution in [-0.4, -0.2) is 25.5 Å². The SMILES string of the molecule is CC1(CNC(=O)c2ccccc2)CCCNC1.Cl. The van der Waals surface area contributed by atoms with Gasteiger partial charge in [0, 0.05) is 18.7 Å². The number of piperidine rings is 1. The van der Waals surface area contributed by atoms with E-state index in [-0.39, 0.29) is 23.7 Å². The highest BCUT2D eigenvalue weighted by molar-refractivity contribution is 5.94. The number of nitrogens with one attached hydrogen (secondary N) is 2. The predicted octanol–water partition coefficient (Wildman–Crippen LogP) is 2.23. The second-order valence-corrected chi connectivity index (χ2v) is 5.14. The Morgan fingerprint density at radius 1 is 1.39 bits per heavy atom. The highest BCUT2D eigenvalue weighted by Gasteiger charge is 2.27. The van der Waals surface area contributed by atoms with Crippen molar-refractivity contribution in [2.75, 3.05) is 19.6 Å². The molecule has 1 unspecified atom stereocenters. The predicted molar refractivity (Wildman–Crippen MR) is 76.2 cm³/mol. The molecule has 2 rings (SSSR count). The molecule has 1 aromatic carbocycles. The lowest BCUT2D eigenvalue weighted by molar-refractivity contribution is 0.0924. The van der Waals surface area contributed by atoms with Crippen LogP contribution in [0.4, 0.5) is 0 Å². The van der Waals surface area contributed by atoms with Crippen molar-refractivity contribution in [3.8, 4) is 0 Å². The summed E-state index contributed by atoms with van der Waals surface area (Å²) in [7, 11) is 0. The highest BCUT2D eigenvalue weighted by Crippen LogP contribution is 2.24. The second kappa shape index (κ2) is 6.76. The first-order valence-electron chi connectivity index (χ1n) is 6.24. The van der Waals surface area contributed by atoms with Crippen LogP contribution in [0.25, 0.3) is 0 Å². The molecule has 1 aliphatic rings. The van der Waals surface area contributed by atoms with Crippen LogP contribution in [0, 0.1) is 5.41 Å². The Morgan fingerprint density at radius 3 is 2.72 bits per heavy atom. The van der Waals surface area contributed by atoms with E-state index >= 15 is 0 Å². The van der Waals surface area contributed by atoms with Crippen LogP contribution < -0.4 is 10.6 Å². The molecule has 1 fully saturated rings. The first-order valence-corrected chi connectivity index (χ1v) is 6.24. The van der Waals surface area contributed by atoms with Gasteiger partial charge in [-0.1, -0.05) is 25.1 Å². The molecule has 1 atom stereocenters. The summed E-state index contributed by atoms with van der Waals surface area (Å²) in [5.74, 6) is 0.0254. The molecule has 2 N–H and O–H groups in total. The molecule has 1 heterocycles. The van der Waals surface area contributed by atoms with Crippen molar-refractivity contribution in [1.29, 1.82) is 0 Å². The summed E-state index contributed by atoms with van der Waals surface area (Å²) in [5, 5.41) is 6.42. The fraction of sp³-hybridized carbons (Fsp3) is 0.500. The van der Waals surface area contributed by atoms with Gasteiger partial charge in [0.1, 0.15) is 0 Å². The lowest BCUT2D eigenvalue weighted by Gasteiger charge is -2.34. The zero-order valence-corrected chi connectivity index (χ0v) is 11.6. The van der Waals surface area contributed by atoms with Gasteiger partial charge >= 0.3 is 0 Å². The first kappa shape index (κ1) is 15.0. The minimum atomic E-state index is 0. The number of halogens is 1. The number of amides is 1. The molecule has 18 heavy (non-hydrogen) atoms. The fourth-order valence-corrected chi connectivity index (χ4v) is 2.25. The van der Waals surface area contributed by atoms with E-state index in [1.807, 2.05) is 30.3 Å². The summed E-state index contributed by atoms with van der Waals surface area (Å²) in [6.07, 6.45) is 2.37. The number of benzene rings is 1. The Hall–Kier alpha value is -1.06. The zero-order chi connectivity index (χ0) is 12.1. The van der Waals surface area contributed by atoms with Crippen molar-refractivity contribution >= 4 is 18.3 Å². The lowest BCUT2D eigenvalue weighted by atomic mass is 9.83. The van der Waals surface area contributed by atoms with E-state index in [9.17, 15) is 4.79 Å². The van der Waals surface area contributed by atoms with Crippen molar-refractivity contribution < 1.29 is 4.79 Å². The standard InChI is InChI=1S/C14H20N2O.ClH/c1-14(8-5-9-15-10-14)11-16-13(17)12-6-3-2-4-7-12;/h2-4,6-7,15H,5,8-11H2,1H3,(H,16,17);1H. The van der Waals surface area contributed by atoms with Crippen LogP contribution in [0.5, 0.6) is 0 Å². The maximum Gasteiger partial charge on any atom is 0.251 e. The minimum absolute atomic E-state index is 0. The number of hydrogen-bond acceptors (Lipinski definition) is 2. The molecule has 0 saturated carbocycles. The topological polar surface area (TPSA) is 41.1 Å². The average molecular weight is 269 g/mol. The van der Waals surface area contributed by atoms with Gasteiger partial charge in [-0.25, -0.2) is 0 Å². The molecule has 0 radical (unpaired) electrons. The zero-order valence-electron chi connectivity index (χ0n) is 10.7. The van der Waals surface area contributed by atoms with Crippen LogP contribution >= 0.6 is 12.4 Å². The number of hydrogen-bond donors (Lipinski definition) is 2. The second-order valence-electron chi connectivity index (χ2n) is 5.14. The Balaban J connectivity index is 0.00000162. The molecule has 100 valence electrons. The van der Waals surface area contributed by atoms with Crippen LogP contribution in [0.15, 0.2) is 30.3 Å². The quantitative estimate of drug-likeness (QED) is 0.883. The first-order chi connectivity index (χ1) is 8.20. The lowest BCUT2D eigenvalue weighted by Crippen LogP contribution is -2.45. The van der Waals surface area contributed by atoms with Crippen molar-refractivity contribution in [3.05, 3.63) is 35.9 Å². The Bertz CT molecular complexity index is 375. The van der Waals surface area contributed by atoms with Gasteiger partial charge in [0.15, 0.2) is 0 Å². The molecule has 1 amide bonds. The fourth-order valence-electron chi connectivity index (χ4n) is 2.25. The van der Waals surface area contributed by atoms with E-state index in [0.29, 0.717) is 0 Å². The maximum atomic E-state index is 11.9. The molecule has 4 heteroatoms. The van der Waals surface area contributed by atoms with Crippen LogP contribution in [0.3, 0.4) is 0 Å². The summed E-state index contributed by atoms with van der Waals surface area (Å²) in [4.78, 5) is 11.9. The Morgan fingerprint density at radius 2 is 2.11 bits per heavy atom. The van der Waals surface area contributed by atoms with Crippen LogP contribution in [0.1, 0.15) is 30.1 Å². The minimum Gasteiger partial charge on any atom is -0.351 e. The van der Waals surface area contributed by atoms with Gasteiger partial charge in [-0.15, -0.1) is 12.4 Å². The monoisotopic (exact) mass is 268 g/mol. The highest BCUT2D eigenvalue weighted by atomic mass is 35.5. The van der Waals surface area contributed by atoms with Crippen LogP contribution in [-0.2, 0) is 0 Å². The normalized spacial score (nSPS) is 22.9. The Labute approximate surface area is 115 Å². The van der Waals surface area contributed by atoms with Gasteiger partial charge in [-0.05, 0) is 36.9 Å². The van der Waals surface area contributed by atoms with Gasteiger partial charge in [0.2, 0.25) is 0 Å². The summed E-state index contributed by atoms with van der Waals surface area (Å²) in [6.45, 7) is 5.06. The third kappa shape index (κ3) is 4.00. The van der Waals surface area contributed by atoms with Gasteiger partial charge in [0.25, 0.3) is 5.91 Å². The summed E-state index contributed by atoms with van der Waals surface area (Å²) in [6, 6.07) is 9.38. The molecule has 0 aromatic heterocycles. The smallest absolute Gasteiger partial charge is 0.251 e. The van der Waals surface area contributed by atoms with Gasteiger partial charge in [-0.3, -0.25) is 4.79 Å². The molecule has 1 aliphatic heterocycles. The van der Waals surface area contributed by atoms with Crippen molar-refractivity contribution in [2.24, 2.45) is 5.41 Å². The molecule has 0 bridgehead atoms. The van der Waals surface area contributed by atoms with E-state index in [0.717, 1.165) is 25.2 Å². The van der Waals surface area contributed by atoms with Crippen LogP contribution in [0.2, 0.25) is 0 Å². The largest absolute Gasteiger partial charge is 0.351 e. The number of carbonyl (C=O) groups excluding carboxylic acids is 1. The molecule has 0 aliphatic carbocycles. The van der Waals surface area contributed by atoms with Crippen molar-refractivity contribution in [2.45, 2.75) is 19.8 Å². The van der Waals surface area contributed by atoms with Gasteiger partial charge in [-0.2, -0.15) is 0 Å². The van der Waals surface area contributed by atoms with Crippen molar-refractivity contribution in [1.82, 2.24) is 10.6 Å².